The largest absolute Gasteiger partial charge is 0.439 e. The first-order valence-electron chi connectivity index (χ1n) is 11.0. The van der Waals surface area contributed by atoms with E-state index in [0.717, 1.165) is 0 Å². The number of aromatic nitrogens is 5. The van der Waals surface area contributed by atoms with Crippen molar-refractivity contribution in [3.63, 3.8) is 0 Å². The molecule has 38 heavy (non-hydrogen) atoms. The predicted molar refractivity (Wildman–Crippen MR) is 130 cm³/mol. The molecule has 3 heterocycles. The normalized spacial score (nSPS) is 11.5. The van der Waals surface area contributed by atoms with Gasteiger partial charge in [-0.25, -0.2) is 24.0 Å². The van der Waals surface area contributed by atoms with Gasteiger partial charge in [-0.1, -0.05) is 18.2 Å². The molecule has 13 heteroatoms. The van der Waals surface area contributed by atoms with Gasteiger partial charge in [0.1, 0.15) is 36.0 Å². The van der Waals surface area contributed by atoms with E-state index in [9.17, 15) is 22.4 Å². The van der Waals surface area contributed by atoms with Crippen molar-refractivity contribution >= 4 is 28.4 Å². The molecular weight excluding hydrogens is 506 g/mol. The van der Waals surface area contributed by atoms with Crippen molar-refractivity contribution in [2.75, 3.05) is 11.1 Å². The summed E-state index contributed by atoms with van der Waals surface area (Å²) in [6.45, 7) is -0.495. The molecular formula is C25H17F4N7O2. The standard InChI is InChI=1S/C25H17F4N7O2/c26-17-8-7-15(25(27,28)29)10-18(17)34-19(37)12-36-24-21(23(30)32-13-33-24)22(35-36)14-6-9-20(31-11-14)38-16-4-2-1-3-5-16/h1-11,13H,12H2,(H,34,37)(H2,30,32,33). The second-order valence-electron chi connectivity index (χ2n) is 8.00. The van der Waals surface area contributed by atoms with E-state index < -0.39 is 35.7 Å². The summed E-state index contributed by atoms with van der Waals surface area (Å²) in [5, 5.41) is 6.90. The second kappa shape index (κ2) is 9.76. The molecule has 1 amide bonds. The third-order valence-corrected chi connectivity index (χ3v) is 5.40. The van der Waals surface area contributed by atoms with Crippen LogP contribution in [-0.4, -0.2) is 30.6 Å². The van der Waals surface area contributed by atoms with Gasteiger partial charge in [-0.3, -0.25) is 4.79 Å². The Bertz CT molecular complexity index is 1620. The first-order chi connectivity index (χ1) is 18.2. The van der Waals surface area contributed by atoms with Crippen LogP contribution >= 0.6 is 0 Å². The first kappa shape index (κ1) is 24.6. The van der Waals surface area contributed by atoms with E-state index in [1.165, 1.54) is 17.2 Å². The van der Waals surface area contributed by atoms with Crippen LogP contribution < -0.4 is 15.8 Å². The van der Waals surface area contributed by atoms with Gasteiger partial charge in [0.15, 0.2) is 5.65 Å². The average molecular weight is 523 g/mol. The van der Waals surface area contributed by atoms with Crippen LogP contribution in [0.3, 0.4) is 0 Å². The molecule has 5 aromatic rings. The maximum absolute atomic E-state index is 14.1. The highest BCUT2D eigenvalue weighted by atomic mass is 19.4. The van der Waals surface area contributed by atoms with Crippen molar-refractivity contribution in [3.8, 4) is 22.9 Å². The van der Waals surface area contributed by atoms with Gasteiger partial charge in [-0.15, -0.1) is 0 Å². The minimum absolute atomic E-state index is 0.0881. The highest BCUT2D eigenvalue weighted by molar-refractivity contribution is 5.99. The molecule has 0 bridgehead atoms. The molecule has 0 spiro atoms. The Hall–Kier alpha value is -5.07. The number of nitrogens with zero attached hydrogens (tertiary/aromatic N) is 5. The van der Waals surface area contributed by atoms with Crippen molar-refractivity contribution in [1.29, 1.82) is 0 Å². The van der Waals surface area contributed by atoms with Crippen molar-refractivity contribution in [2.24, 2.45) is 0 Å². The fourth-order valence-electron chi connectivity index (χ4n) is 3.66. The molecule has 5 rings (SSSR count). The van der Waals surface area contributed by atoms with E-state index in [0.29, 0.717) is 46.5 Å². The summed E-state index contributed by atoms with van der Waals surface area (Å²) in [4.78, 5) is 25.1. The van der Waals surface area contributed by atoms with Crippen LogP contribution in [0.5, 0.6) is 11.6 Å². The number of hydrogen-bond acceptors (Lipinski definition) is 7. The van der Waals surface area contributed by atoms with Gasteiger partial charge in [0.2, 0.25) is 11.8 Å². The lowest BCUT2D eigenvalue weighted by molar-refractivity contribution is -0.137. The first-order valence-corrected chi connectivity index (χ1v) is 11.0. The van der Waals surface area contributed by atoms with Gasteiger partial charge in [-0.2, -0.15) is 18.3 Å². The van der Waals surface area contributed by atoms with Gasteiger partial charge in [0.05, 0.1) is 16.6 Å². The molecule has 3 N–H and O–H groups in total. The lowest BCUT2D eigenvalue weighted by atomic mass is 10.1. The van der Waals surface area contributed by atoms with E-state index in [1.807, 2.05) is 18.2 Å². The summed E-state index contributed by atoms with van der Waals surface area (Å²) < 4.78 is 60.0. The van der Waals surface area contributed by atoms with Crippen LogP contribution in [0, 0.1) is 5.82 Å². The molecule has 0 atom stereocenters. The van der Waals surface area contributed by atoms with E-state index >= 15 is 0 Å². The highest BCUT2D eigenvalue weighted by Crippen LogP contribution is 2.33. The topological polar surface area (TPSA) is 121 Å². The van der Waals surface area contributed by atoms with Crippen LogP contribution in [0.2, 0.25) is 0 Å². The van der Waals surface area contributed by atoms with E-state index in [2.05, 4.69) is 25.4 Å². The number of amides is 1. The maximum atomic E-state index is 14.1. The van der Waals surface area contributed by atoms with Crippen molar-refractivity contribution in [1.82, 2.24) is 24.7 Å². The Morgan fingerprint density at radius 2 is 1.82 bits per heavy atom. The molecule has 0 aliphatic heterocycles. The molecule has 0 aliphatic rings. The average Bonchev–Trinajstić information content (AvgIpc) is 3.25. The Kier molecular flexibility index (Phi) is 6.33. The van der Waals surface area contributed by atoms with Gasteiger partial charge < -0.3 is 15.8 Å². The summed E-state index contributed by atoms with van der Waals surface area (Å²) in [6, 6.07) is 14.1. The molecule has 192 valence electrons. The van der Waals surface area contributed by atoms with E-state index in [-0.39, 0.29) is 11.5 Å². The molecule has 0 saturated heterocycles. The van der Waals surface area contributed by atoms with Crippen LogP contribution in [0.1, 0.15) is 5.56 Å². The summed E-state index contributed by atoms with van der Waals surface area (Å²) in [5.41, 5.74) is 5.37. The number of nitrogens with one attached hydrogen (secondary N) is 1. The van der Waals surface area contributed by atoms with Gasteiger partial charge in [0.25, 0.3) is 0 Å². The zero-order chi connectivity index (χ0) is 26.9. The third-order valence-electron chi connectivity index (χ3n) is 5.40. The Morgan fingerprint density at radius 3 is 2.53 bits per heavy atom. The summed E-state index contributed by atoms with van der Waals surface area (Å²) in [5.74, 6) is -0.835. The van der Waals surface area contributed by atoms with Crippen molar-refractivity contribution in [3.05, 3.63) is 84.6 Å². The number of carbonyl (C=O) groups excluding carboxylic acids is 1. The smallest absolute Gasteiger partial charge is 0.416 e. The lowest BCUT2D eigenvalue weighted by Crippen LogP contribution is -2.21. The van der Waals surface area contributed by atoms with Gasteiger partial charge in [0, 0.05) is 17.8 Å². The quantitative estimate of drug-likeness (QED) is 0.299. The number of halogens is 4. The third kappa shape index (κ3) is 5.07. The fraction of sp³-hybridized carbons (Fsp3) is 0.0800. The van der Waals surface area contributed by atoms with E-state index in [4.69, 9.17) is 10.5 Å². The number of carbonyl (C=O) groups is 1. The number of anilines is 2. The monoisotopic (exact) mass is 523 g/mol. The lowest BCUT2D eigenvalue weighted by Gasteiger charge is -2.11. The SMILES string of the molecule is Nc1ncnc2c1c(-c1ccc(Oc3ccccc3)nc1)nn2CC(=O)Nc1cc(C(F)(F)F)ccc1F. The number of benzene rings is 2. The number of nitrogens with two attached hydrogens (primary N) is 1. The minimum Gasteiger partial charge on any atom is -0.439 e. The molecule has 0 radical (unpaired) electrons. The van der Waals surface area contributed by atoms with Gasteiger partial charge >= 0.3 is 6.18 Å². The zero-order valence-electron chi connectivity index (χ0n) is 19.3. The van der Waals surface area contributed by atoms with Crippen molar-refractivity contribution in [2.45, 2.75) is 12.7 Å². The molecule has 0 fully saturated rings. The van der Waals surface area contributed by atoms with Crippen LogP contribution in [-0.2, 0) is 17.5 Å². The number of para-hydroxylation sites is 1. The fourth-order valence-corrected chi connectivity index (χ4v) is 3.66. The number of fused-ring (bicyclic) bond motifs is 1. The molecule has 0 unspecified atom stereocenters. The summed E-state index contributed by atoms with van der Waals surface area (Å²) in [7, 11) is 0. The number of rotatable bonds is 6. The number of hydrogen-bond donors (Lipinski definition) is 2. The Labute approximate surface area is 211 Å². The summed E-state index contributed by atoms with van der Waals surface area (Å²) in [6.07, 6.45) is -2.03. The van der Waals surface area contributed by atoms with Crippen LogP contribution in [0.4, 0.5) is 29.1 Å². The van der Waals surface area contributed by atoms with Crippen LogP contribution in [0.25, 0.3) is 22.3 Å². The molecule has 0 aliphatic carbocycles. The number of ether oxygens (including phenoxy) is 1. The molecule has 0 saturated carbocycles. The molecule has 3 aromatic heterocycles. The highest BCUT2D eigenvalue weighted by Gasteiger charge is 2.31. The number of nitrogen functional groups attached to an aromatic ring is 1. The Morgan fingerprint density at radius 1 is 1.03 bits per heavy atom. The summed E-state index contributed by atoms with van der Waals surface area (Å²) >= 11 is 0. The second-order valence-corrected chi connectivity index (χ2v) is 8.00. The molecule has 9 nitrogen and oxygen atoms in total. The minimum atomic E-state index is -4.70. The van der Waals surface area contributed by atoms with Crippen molar-refractivity contribution < 1.29 is 27.1 Å². The van der Waals surface area contributed by atoms with E-state index in [1.54, 1.807) is 24.3 Å². The predicted octanol–water partition coefficient (Wildman–Crippen LogP) is 5.06. The Balaban J connectivity index is 1.42. The number of pyridine rings is 1. The number of alkyl halides is 3. The molecule has 2 aromatic carbocycles. The maximum Gasteiger partial charge on any atom is 0.416 e. The zero-order valence-corrected chi connectivity index (χ0v) is 19.3. The van der Waals surface area contributed by atoms with Crippen LogP contribution in [0.15, 0.2) is 73.2 Å². The van der Waals surface area contributed by atoms with Gasteiger partial charge in [-0.05, 0) is 36.4 Å².